The summed E-state index contributed by atoms with van der Waals surface area (Å²) < 4.78 is 10.7. The fraction of sp³-hybridized carbons (Fsp3) is 0.0800. The zero-order valence-electron chi connectivity index (χ0n) is 16.7. The molecule has 0 unspecified atom stereocenters. The molecule has 0 radical (unpaired) electrons. The molecule has 0 amide bonds. The summed E-state index contributed by atoms with van der Waals surface area (Å²) in [5.74, 6) is 1.26. The van der Waals surface area contributed by atoms with E-state index in [1.165, 1.54) is 0 Å². The van der Waals surface area contributed by atoms with Gasteiger partial charge in [0.25, 0.3) is 0 Å². The van der Waals surface area contributed by atoms with Crippen LogP contribution in [-0.4, -0.2) is 30.0 Å². The van der Waals surface area contributed by atoms with E-state index in [1.54, 1.807) is 50.9 Å². The highest BCUT2D eigenvalue weighted by Crippen LogP contribution is 2.30. The SMILES string of the molecule is COc1cccc(-c2ncccc2C(=O)c2cccnc2-c2cccc(OC)c2)c1. The molecule has 4 aromatic rings. The molecule has 0 fully saturated rings. The molecule has 5 heteroatoms. The van der Waals surface area contributed by atoms with Crippen LogP contribution in [-0.2, 0) is 0 Å². The number of pyridine rings is 2. The van der Waals surface area contributed by atoms with Gasteiger partial charge in [0, 0.05) is 34.6 Å². The van der Waals surface area contributed by atoms with Crippen molar-refractivity contribution in [3.05, 3.63) is 96.3 Å². The van der Waals surface area contributed by atoms with Crippen molar-refractivity contribution in [1.82, 2.24) is 9.97 Å². The Morgan fingerprint density at radius 1 is 0.667 bits per heavy atom. The number of hydrogen-bond acceptors (Lipinski definition) is 5. The van der Waals surface area contributed by atoms with Crippen LogP contribution in [0.1, 0.15) is 15.9 Å². The topological polar surface area (TPSA) is 61.3 Å². The van der Waals surface area contributed by atoms with Crippen molar-refractivity contribution in [3.63, 3.8) is 0 Å². The number of ether oxygens (including phenoxy) is 2. The van der Waals surface area contributed by atoms with Gasteiger partial charge in [0.15, 0.2) is 5.78 Å². The minimum atomic E-state index is -0.146. The molecule has 2 aromatic heterocycles. The number of benzene rings is 2. The van der Waals surface area contributed by atoms with Gasteiger partial charge in [-0.2, -0.15) is 0 Å². The van der Waals surface area contributed by atoms with Crippen molar-refractivity contribution in [2.45, 2.75) is 0 Å². The lowest BCUT2D eigenvalue weighted by atomic mass is 9.95. The molecule has 0 N–H and O–H groups in total. The van der Waals surface area contributed by atoms with Crippen LogP contribution < -0.4 is 9.47 Å². The van der Waals surface area contributed by atoms with Crippen LogP contribution in [0.2, 0.25) is 0 Å². The van der Waals surface area contributed by atoms with E-state index in [1.807, 2.05) is 48.5 Å². The van der Waals surface area contributed by atoms with Crippen LogP contribution in [0.15, 0.2) is 85.2 Å². The van der Waals surface area contributed by atoms with Gasteiger partial charge in [-0.1, -0.05) is 24.3 Å². The molecule has 30 heavy (non-hydrogen) atoms. The standard InChI is InChI=1S/C25H20N2O3/c1-29-19-9-3-7-17(15-19)23-21(11-5-13-26-23)25(28)22-12-6-14-27-24(22)18-8-4-10-20(16-18)30-2/h3-16H,1-2H3. The average molecular weight is 396 g/mol. The lowest BCUT2D eigenvalue weighted by Crippen LogP contribution is -2.07. The highest BCUT2D eigenvalue weighted by atomic mass is 16.5. The van der Waals surface area contributed by atoms with Crippen molar-refractivity contribution >= 4 is 5.78 Å². The van der Waals surface area contributed by atoms with Crippen LogP contribution in [0.3, 0.4) is 0 Å². The van der Waals surface area contributed by atoms with Crippen LogP contribution >= 0.6 is 0 Å². The fourth-order valence-electron chi connectivity index (χ4n) is 3.32. The van der Waals surface area contributed by atoms with E-state index in [-0.39, 0.29) is 5.78 Å². The molecule has 148 valence electrons. The average Bonchev–Trinajstić information content (AvgIpc) is 2.83. The summed E-state index contributed by atoms with van der Waals surface area (Å²) in [6.45, 7) is 0. The van der Waals surface area contributed by atoms with Crippen molar-refractivity contribution in [3.8, 4) is 34.0 Å². The summed E-state index contributed by atoms with van der Waals surface area (Å²) in [7, 11) is 3.22. The second-order valence-corrected chi connectivity index (χ2v) is 6.59. The molecular formula is C25H20N2O3. The minimum absolute atomic E-state index is 0.146. The van der Waals surface area contributed by atoms with Crippen LogP contribution in [0.4, 0.5) is 0 Å². The predicted octanol–water partition coefficient (Wildman–Crippen LogP) is 5.06. The van der Waals surface area contributed by atoms with E-state index in [4.69, 9.17) is 9.47 Å². The van der Waals surface area contributed by atoms with E-state index < -0.39 is 0 Å². The maximum absolute atomic E-state index is 13.6. The number of carbonyl (C=O) groups excluding carboxylic acids is 1. The Balaban J connectivity index is 1.82. The number of hydrogen-bond donors (Lipinski definition) is 0. The second kappa shape index (κ2) is 8.57. The Bertz CT molecular complexity index is 1110. The van der Waals surface area contributed by atoms with Crippen LogP contribution in [0.5, 0.6) is 11.5 Å². The first-order valence-corrected chi connectivity index (χ1v) is 9.45. The molecule has 0 aliphatic carbocycles. The summed E-state index contributed by atoms with van der Waals surface area (Å²) in [5.41, 5.74) is 3.82. The number of carbonyl (C=O) groups is 1. The largest absolute Gasteiger partial charge is 0.497 e. The van der Waals surface area contributed by atoms with E-state index in [2.05, 4.69) is 9.97 Å². The Kier molecular flexibility index (Phi) is 5.52. The monoisotopic (exact) mass is 396 g/mol. The molecule has 0 aliphatic rings. The number of aromatic nitrogens is 2. The Morgan fingerprint density at radius 2 is 1.13 bits per heavy atom. The van der Waals surface area contributed by atoms with Gasteiger partial charge in [-0.3, -0.25) is 14.8 Å². The first-order chi connectivity index (χ1) is 14.7. The molecule has 4 rings (SSSR count). The number of ketones is 1. The van der Waals surface area contributed by atoms with Gasteiger partial charge in [-0.15, -0.1) is 0 Å². The normalized spacial score (nSPS) is 10.5. The lowest BCUT2D eigenvalue weighted by molar-refractivity contribution is 0.103. The van der Waals surface area contributed by atoms with Gasteiger partial charge in [0.2, 0.25) is 0 Å². The third-order valence-corrected chi connectivity index (χ3v) is 4.79. The fourth-order valence-corrected chi connectivity index (χ4v) is 3.32. The predicted molar refractivity (Wildman–Crippen MR) is 116 cm³/mol. The Morgan fingerprint density at radius 3 is 1.57 bits per heavy atom. The summed E-state index contributed by atoms with van der Waals surface area (Å²) >= 11 is 0. The first-order valence-electron chi connectivity index (χ1n) is 9.45. The van der Waals surface area contributed by atoms with Gasteiger partial charge in [0.05, 0.1) is 25.6 Å². The maximum atomic E-state index is 13.6. The zero-order valence-corrected chi connectivity index (χ0v) is 16.7. The van der Waals surface area contributed by atoms with Crippen LogP contribution in [0, 0.1) is 0 Å². The first kappa shape index (κ1) is 19.3. The maximum Gasteiger partial charge on any atom is 0.197 e. The van der Waals surface area contributed by atoms with Gasteiger partial charge in [0.1, 0.15) is 11.5 Å². The zero-order chi connectivity index (χ0) is 20.9. The molecule has 5 nitrogen and oxygen atoms in total. The van der Waals surface area contributed by atoms with Crippen LogP contribution in [0.25, 0.3) is 22.5 Å². The molecule has 2 heterocycles. The summed E-state index contributed by atoms with van der Waals surface area (Å²) in [5, 5.41) is 0. The van der Waals surface area contributed by atoms with Crippen molar-refractivity contribution in [2.75, 3.05) is 14.2 Å². The van der Waals surface area contributed by atoms with E-state index in [9.17, 15) is 4.79 Å². The molecule has 2 aromatic carbocycles. The van der Waals surface area contributed by atoms with E-state index >= 15 is 0 Å². The smallest absolute Gasteiger partial charge is 0.197 e. The van der Waals surface area contributed by atoms with Gasteiger partial charge in [-0.25, -0.2) is 0 Å². The van der Waals surface area contributed by atoms with Gasteiger partial charge >= 0.3 is 0 Å². The number of nitrogens with zero attached hydrogens (tertiary/aromatic N) is 2. The quantitative estimate of drug-likeness (QED) is 0.426. The summed E-state index contributed by atoms with van der Waals surface area (Å²) in [6, 6.07) is 22.1. The van der Waals surface area contributed by atoms with E-state index in [0.717, 1.165) is 11.1 Å². The minimum Gasteiger partial charge on any atom is -0.497 e. The highest BCUT2D eigenvalue weighted by molar-refractivity contribution is 6.15. The second-order valence-electron chi connectivity index (χ2n) is 6.59. The molecule has 0 saturated heterocycles. The van der Waals surface area contributed by atoms with Crippen molar-refractivity contribution < 1.29 is 14.3 Å². The molecular weight excluding hydrogens is 376 g/mol. The highest BCUT2D eigenvalue weighted by Gasteiger charge is 2.20. The summed E-state index contributed by atoms with van der Waals surface area (Å²) in [6.07, 6.45) is 3.36. The molecule has 0 aliphatic heterocycles. The van der Waals surface area contributed by atoms with Gasteiger partial charge < -0.3 is 9.47 Å². The number of methoxy groups -OCH3 is 2. The molecule has 0 atom stereocenters. The molecule has 0 spiro atoms. The van der Waals surface area contributed by atoms with Crippen molar-refractivity contribution in [2.24, 2.45) is 0 Å². The lowest BCUT2D eigenvalue weighted by Gasteiger charge is -2.12. The van der Waals surface area contributed by atoms with Gasteiger partial charge in [-0.05, 0) is 48.5 Å². The third kappa shape index (κ3) is 3.78. The third-order valence-electron chi connectivity index (χ3n) is 4.79. The Labute approximate surface area is 175 Å². The summed E-state index contributed by atoms with van der Waals surface area (Å²) in [4.78, 5) is 22.6. The number of rotatable bonds is 6. The molecule has 0 bridgehead atoms. The van der Waals surface area contributed by atoms with Crippen molar-refractivity contribution in [1.29, 1.82) is 0 Å². The Hall–Kier alpha value is -3.99. The molecule has 0 saturated carbocycles. The van der Waals surface area contributed by atoms with E-state index in [0.29, 0.717) is 34.0 Å².